The molecule has 1 aromatic rings. The SMILES string of the molecule is O=[N+]([O-])c1cc(OC(F)(F)F)cc(Cl)c1O. The van der Waals surface area contributed by atoms with Gasteiger partial charge in [-0.05, 0) is 0 Å². The van der Waals surface area contributed by atoms with Crippen molar-refractivity contribution in [1.29, 1.82) is 0 Å². The van der Waals surface area contributed by atoms with Crippen molar-refractivity contribution in [2.24, 2.45) is 0 Å². The first-order valence-electron chi connectivity index (χ1n) is 3.63. The minimum atomic E-state index is -4.99. The summed E-state index contributed by atoms with van der Waals surface area (Å²) in [6.07, 6.45) is -4.99. The molecule has 0 aliphatic heterocycles. The van der Waals surface area contributed by atoms with Crippen LogP contribution in [0, 0.1) is 10.1 Å². The lowest BCUT2D eigenvalue weighted by molar-refractivity contribution is -0.386. The molecule has 1 N–H and O–H groups in total. The molecule has 0 spiro atoms. The molecule has 88 valence electrons. The summed E-state index contributed by atoms with van der Waals surface area (Å²) in [5.74, 6) is -1.79. The van der Waals surface area contributed by atoms with E-state index in [1.54, 1.807) is 0 Å². The van der Waals surface area contributed by atoms with Gasteiger partial charge in [0.25, 0.3) is 0 Å². The molecule has 5 nitrogen and oxygen atoms in total. The molecule has 1 aromatic carbocycles. The summed E-state index contributed by atoms with van der Waals surface area (Å²) < 4.78 is 38.9. The van der Waals surface area contributed by atoms with E-state index in [0.717, 1.165) is 0 Å². The molecule has 0 unspecified atom stereocenters. The third-order valence-electron chi connectivity index (χ3n) is 1.45. The molecule has 0 aliphatic carbocycles. The molecule has 0 heterocycles. The Hall–Kier alpha value is -1.70. The Bertz CT molecular complexity index is 434. The van der Waals surface area contributed by atoms with E-state index in [4.69, 9.17) is 16.7 Å². The lowest BCUT2D eigenvalue weighted by Crippen LogP contribution is -2.17. The number of nitro groups is 1. The van der Waals surface area contributed by atoms with Crippen LogP contribution in [0.5, 0.6) is 11.5 Å². The van der Waals surface area contributed by atoms with Crippen LogP contribution in [0.2, 0.25) is 5.02 Å². The first-order chi connectivity index (χ1) is 7.20. The Morgan fingerprint density at radius 3 is 2.44 bits per heavy atom. The second-order valence-electron chi connectivity index (χ2n) is 2.58. The van der Waals surface area contributed by atoms with Gasteiger partial charge in [-0.25, -0.2) is 0 Å². The van der Waals surface area contributed by atoms with Gasteiger partial charge >= 0.3 is 12.0 Å². The summed E-state index contributed by atoms with van der Waals surface area (Å²) in [5.41, 5.74) is -0.966. The lowest BCUT2D eigenvalue weighted by Gasteiger charge is -2.09. The van der Waals surface area contributed by atoms with Gasteiger partial charge in [0.2, 0.25) is 5.75 Å². The minimum absolute atomic E-state index is 0.425. The summed E-state index contributed by atoms with van der Waals surface area (Å²) in [6, 6.07) is 1.05. The van der Waals surface area contributed by atoms with Crippen LogP contribution < -0.4 is 4.74 Å². The maximum absolute atomic E-state index is 11.8. The van der Waals surface area contributed by atoms with E-state index in [1.165, 1.54) is 0 Å². The smallest absolute Gasteiger partial charge is 0.501 e. The fraction of sp³-hybridized carbons (Fsp3) is 0.143. The Kier molecular flexibility index (Phi) is 3.13. The summed E-state index contributed by atoms with van der Waals surface area (Å²) in [5, 5.41) is 18.8. The van der Waals surface area contributed by atoms with Gasteiger partial charge in [0.15, 0.2) is 0 Å². The van der Waals surface area contributed by atoms with Crippen molar-refractivity contribution in [2.45, 2.75) is 6.36 Å². The van der Waals surface area contributed by atoms with Crippen LogP contribution >= 0.6 is 11.6 Å². The molecule has 9 heteroatoms. The monoisotopic (exact) mass is 257 g/mol. The topological polar surface area (TPSA) is 72.6 Å². The van der Waals surface area contributed by atoms with Crippen LogP contribution in [0.15, 0.2) is 12.1 Å². The highest BCUT2D eigenvalue weighted by Crippen LogP contribution is 2.38. The maximum Gasteiger partial charge on any atom is 0.573 e. The highest BCUT2D eigenvalue weighted by Gasteiger charge is 2.32. The average molecular weight is 258 g/mol. The van der Waals surface area contributed by atoms with Crippen LogP contribution in [0.3, 0.4) is 0 Å². The number of ether oxygens (including phenoxy) is 1. The second-order valence-corrected chi connectivity index (χ2v) is 2.98. The van der Waals surface area contributed by atoms with Crippen molar-refractivity contribution in [3.05, 3.63) is 27.3 Å². The van der Waals surface area contributed by atoms with Crippen LogP contribution in [0.4, 0.5) is 18.9 Å². The van der Waals surface area contributed by atoms with E-state index in [1.807, 2.05) is 0 Å². The van der Waals surface area contributed by atoms with Gasteiger partial charge in [-0.1, -0.05) is 11.6 Å². The van der Waals surface area contributed by atoms with E-state index in [9.17, 15) is 23.3 Å². The standard InChI is InChI=1S/C7H3ClF3NO4/c8-4-1-3(16-7(9,10)11)2-5(6(4)13)12(14)15/h1-2,13H. The van der Waals surface area contributed by atoms with Crippen molar-refractivity contribution in [2.75, 3.05) is 0 Å². The van der Waals surface area contributed by atoms with Gasteiger partial charge in [-0.2, -0.15) is 0 Å². The number of hydrogen-bond donors (Lipinski definition) is 1. The number of aromatic hydroxyl groups is 1. The molecular formula is C7H3ClF3NO4. The molecule has 0 saturated carbocycles. The Labute approximate surface area is 91.2 Å². The lowest BCUT2D eigenvalue weighted by atomic mass is 10.3. The van der Waals surface area contributed by atoms with Crippen molar-refractivity contribution < 1.29 is 27.9 Å². The van der Waals surface area contributed by atoms with Gasteiger partial charge in [-0.15, -0.1) is 13.2 Å². The maximum atomic E-state index is 11.8. The van der Waals surface area contributed by atoms with Gasteiger partial charge < -0.3 is 9.84 Å². The second kappa shape index (κ2) is 4.05. The molecule has 0 fully saturated rings. The average Bonchev–Trinajstić information content (AvgIpc) is 2.07. The number of nitrogens with zero attached hydrogens (tertiary/aromatic N) is 1. The normalized spacial score (nSPS) is 11.2. The number of phenols is 1. The van der Waals surface area contributed by atoms with Crippen LogP contribution in [0.25, 0.3) is 0 Å². The minimum Gasteiger partial charge on any atom is -0.501 e. The third-order valence-corrected chi connectivity index (χ3v) is 1.74. The number of alkyl halides is 3. The summed E-state index contributed by atoms with van der Waals surface area (Å²) in [6.45, 7) is 0. The van der Waals surface area contributed by atoms with Crippen LogP contribution in [-0.2, 0) is 0 Å². The third kappa shape index (κ3) is 2.89. The molecular weight excluding hydrogens is 255 g/mol. The number of nitro benzene ring substituents is 1. The first-order valence-corrected chi connectivity index (χ1v) is 4.01. The van der Waals surface area contributed by atoms with Gasteiger partial charge in [0.1, 0.15) is 5.75 Å². The molecule has 16 heavy (non-hydrogen) atoms. The zero-order valence-corrected chi connectivity index (χ0v) is 8.04. The van der Waals surface area contributed by atoms with Gasteiger partial charge in [-0.3, -0.25) is 10.1 Å². The Morgan fingerprint density at radius 1 is 1.44 bits per heavy atom. The number of phenolic OH excluding ortho intramolecular Hbond substituents is 1. The fourth-order valence-corrected chi connectivity index (χ4v) is 1.10. The molecule has 0 bridgehead atoms. The van der Waals surface area contributed by atoms with Crippen molar-refractivity contribution in [3.8, 4) is 11.5 Å². The van der Waals surface area contributed by atoms with Crippen molar-refractivity contribution >= 4 is 17.3 Å². The molecule has 0 radical (unpaired) electrons. The predicted molar refractivity (Wildman–Crippen MR) is 46.5 cm³/mol. The highest BCUT2D eigenvalue weighted by atomic mass is 35.5. The van der Waals surface area contributed by atoms with Gasteiger partial charge in [0.05, 0.1) is 16.0 Å². The van der Waals surface area contributed by atoms with E-state index in [-0.39, 0.29) is 0 Å². The number of hydrogen-bond acceptors (Lipinski definition) is 4. The van der Waals surface area contributed by atoms with Crippen LogP contribution in [-0.4, -0.2) is 16.4 Å². The highest BCUT2D eigenvalue weighted by molar-refractivity contribution is 6.32. The summed E-state index contributed by atoms with van der Waals surface area (Å²) in [4.78, 5) is 9.26. The Morgan fingerprint density at radius 2 is 2.00 bits per heavy atom. The Balaban J connectivity index is 3.19. The summed E-state index contributed by atoms with van der Waals surface area (Å²) in [7, 11) is 0. The number of rotatable bonds is 2. The predicted octanol–water partition coefficient (Wildman–Crippen LogP) is 2.85. The molecule has 0 aromatic heterocycles. The number of benzene rings is 1. The van der Waals surface area contributed by atoms with E-state index in [2.05, 4.69) is 4.74 Å². The zero-order chi connectivity index (χ0) is 12.5. The zero-order valence-electron chi connectivity index (χ0n) is 7.29. The molecule has 0 saturated heterocycles. The van der Waals surface area contributed by atoms with E-state index < -0.39 is 33.5 Å². The quantitative estimate of drug-likeness (QED) is 0.653. The summed E-state index contributed by atoms with van der Waals surface area (Å²) >= 11 is 5.29. The molecule has 0 atom stereocenters. The van der Waals surface area contributed by atoms with E-state index in [0.29, 0.717) is 12.1 Å². The number of halogens is 4. The fourth-order valence-electron chi connectivity index (χ4n) is 0.892. The first kappa shape index (κ1) is 12.4. The molecule has 1 rings (SSSR count). The molecule has 0 aliphatic rings. The largest absolute Gasteiger partial charge is 0.573 e. The van der Waals surface area contributed by atoms with Crippen LogP contribution in [0.1, 0.15) is 0 Å². The molecule has 0 amide bonds. The van der Waals surface area contributed by atoms with Crippen molar-refractivity contribution in [3.63, 3.8) is 0 Å². The van der Waals surface area contributed by atoms with E-state index >= 15 is 0 Å². The van der Waals surface area contributed by atoms with Crippen molar-refractivity contribution in [1.82, 2.24) is 0 Å². The van der Waals surface area contributed by atoms with Gasteiger partial charge in [0, 0.05) is 6.07 Å².